The largest absolute Gasteiger partial charge is 0.336 e. The van der Waals surface area contributed by atoms with Crippen LogP contribution >= 0.6 is 11.5 Å². The second-order valence-corrected chi connectivity index (χ2v) is 3.80. The predicted octanol–water partition coefficient (Wildman–Crippen LogP) is -0.0264. The Kier molecular flexibility index (Phi) is 3.05. The topological polar surface area (TPSA) is 58.1 Å². The van der Waals surface area contributed by atoms with Crippen molar-refractivity contribution < 1.29 is 4.79 Å². The van der Waals surface area contributed by atoms with Crippen molar-refractivity contribution in [1.82, 2.24) is 19.8 Å². The summed E-state index contributed by atoms with van der Waals surface area (Å²) in [6.45, 7) is 3.42. The van der Waals surface area contributed by atoms with Crippen LogP contribution in [-0.4, -0.2) is 46.6 Å². The molecule has 5 nitrogen and oxygen atoms in total. The normalized spacial score (nSPS) is 17.9. The Balaban J connectivity index is 2.03. The third-order valence-corrected chi connectivity index (χ3v) is 2.71. The molecule has 14 heavy (non-hydrogen) atoms. The molecule has 0 atom stereocenters. The van der Waals surface area contributed by atoms with Gasteiger partial charge in [0, 0.05) is 25.0 Å². The summed E-state index contributed by atoms with van der Waals surface area (Å²) in [5.74, 6) is 0.00227. The average Bonchev–Trinajstić information content (AvgIpc) is 2.59. The molecule has 76 valence electrons. The van der Waals surface area contributed by atoms with Gasteiger partial charge in [-0.05, 0) is 24.5 Å². The van der Waals surface area contributed by atoms with E-state index in [4.69, 9.17) is 0 Å². The Bertz CT molecular complexity index is 292. The lowest BCUT2D eigenvalue weighted by atomic mass is 10.3. The third-order valence-electron chi connectivity index (χ3n) is 2.21. The molecule has 1 aliphatic heterocycles. The molecule has 0 unspecified atom stereocenters. The van der Waals surface area contributed by atoms with Crippen LogP contribution in [0.3, 0.4) is 0 Å². The molecule has 2 rings (SSSR count). The van der Waals surface area contributed by atoms with E-state index < -0.39 is 0 Å². The zero-order chi connectivity index (χ0) is 9.80. The maximum absolute atomic E-state index is 11.8. The fourth-order valence-corrected chi connectivity index (χ4v) is 1.90. The molecule has 0 aliphatic carbocycles. The highest BCUT2D eigenvalue weighted by atomic mass is 32.1. The summed E-state index contributed by atoms with van der Waals surface area (Å²) in [5, 5.41) is 8.72. The first-order valence-electron chi connectivity index (χ1n) is 4.65. The molecule has 0 radical (unpaired) electrons. The summed E-state index contributed by atoms with van der Waals surface area (Å²) in [4.78, 5) is 13.6. The van der Waals surface area contributed by atoms with E-state index in [9.17, 15) is 4.79 Å². The molecule has 1 saturated heterocycles. The van der Waals surface area contributed by atoms with E-state index in [2.05, 4.69) is 14.9 Å². The van der Waals surface area contributed by atoms with Gasteiger partial charge in [0.25, 0.3) is 5.91 Å². The number of aromatic nitrogens is 2. The summed E-state index contributed by atoms with van der Waals surface area (Å²) in [6.07, 6.45) is 1.00. The van der Waals surface area contributed by atoms with Gasteiger partial charge in [-0.15, -0.1) is 5.10 Å². The second-order valence-electron chi connectivity index (χ2n) is 3.19. The molecule has 0 spiro atoms. The number of nitrogens with zero attached hydrogens (tertiary/aromatic N) is 3. The molecule has 0 aromatic carbocycles. The van der Waals surface area contributed by atoms with Crippen LogP contribution in [0.5, 0.6) is 0 Å². The highest BCUT2D eigenvalue weighted by molar-refractivity contribution is 7.03. The van der Waals surface area contributed by atoms with Gasteiger partial charge in [0.05, 0.1) is 0 Å². The van der Waals surface area contributed by atoms with Crippen molar-refractivity contribution in [3.05, 3.63) is 11.1 Å². The number of carbonyl (C=O) groups excluding carboxylic acids is 1. The molecule has 0 bridgehead atoms. The molecule has 0 saturated carbocycles. The van der Waals surface area contributed by atoms with Gasteiger partial charge in [-0.2, -0.15) is 0 Å². The van der Waals surface area contributed by atoms with Crippen LogP contribution < -0.4 is 5.32 Å². The van der Waals surface area contributed by atoms with E-state index in [1.165, 1.54) is 11.5 Å². The third kappa shape index (κ3) is 2.08. The highest BCUT2D eigenvalue weighted by Crippen LogP contribution is 2.05. The minimum absolute atomic E-state index is 0.00227. The van der Waals surface area contributed by atoms with Gasteiger partial charge in [-0.1, -0.05) is 4.49 Å². The summed E-state index contributed by atoms with van der Waals surface area (Å²) in [5.41, 5.74) is 0.469. The first kappa shape index (κ1) is 9.54. The maximum Gasteiger partial charge on any atom is 0.275 e. The molecule has 1 N–H and O–H groups in total. The Hall–Kier alpha value is -1.01. The molecular formula is C8H12N4OS. The standard InChI is InChI=1S/C8H12N4OS/c13-8(7-6-14-11-10-7)12-4-1-2-9-3-5-12/h6,9H,1-5H2. The SMILES string of the molecule is O=C(c1csnn1)N1CCCNCC1. The summed E-state index contributed by atoms with van der Waals surface area (Å²) >= 11 is 1.21. The molecule has 1 fully saturated rings. The smallest absolute Gasteiger partial charge is 0.275 e. The summed E-state index contributed by atoms with van der Waals surface area (Å²) in [6, 6.07) is 0. The van der Waals surface area contributed by atoms with E-state index in [-0.39, 0.29) is 5.91 Å². The van der Waals surface area contributed by atoms with Gasteiger partial charge >= 0.3 is 0 Å². The zero-order valence-corrected chi connectivity index (χ0v) is 8.59. The second kappa shape index (κ2) is 4.47. The van der Waals surface area contributed by atoms with E-state index in [0.29, 0.717) is 5.69 Å². The quantitative estimate of drug-likeness (QED) is 0.710. The van der Waals surface area contributed by atoms with Crippen molar-refractivity contribution >= 4 is 17.4 Å². The van der Waals surface area contributed by atoms with Crippen molar-refractivity contribution in [2.24, 2.45) is 0 Å². The van der Waals surface area contributed by atoms with Crippen LogP contribution in [0, 0.1) is 0 Å². The van der Waals surface area contributed by atoms with Crippen LogP contribution in [0.1, 0.15) is 16.9 Å². The average molecular weight is 212 g/mol. The molecule has 6 heteroatoms. The van der Waals surface area contributed by atoms with Crippen molar-refractivity contribution in [3.8, 4) is 0 Å². The first-order chi connectivity index (χ1) is 6.88. The van der Waals surface area contributed by atoms with Crippen LogP contribution in [0.4, 0.5) is 0 Å². The van der Waals surface area contributed by atoms with Crippen molar-refractivity contribution in [3.63, 3.8) is 0 Å². The lowest BCUT2D eigenvalue weighted by molar-refractivity contribution is 0.0760. The monoisotopic (exact) mass is 212 g/mol. The maximum atomic E-state index is 11.8. The molecule has 1 aliphatic rings. The Morgan fingerprint density at radius 3 is 3.21 bits per heavy atom. The van der Waals surface area contributed by atoms with E-state index in [0.717, 1.165) is 32.6 Å². The summed E-state index contributed by atoms with van der Waals surface area (Å²) < 4.78 is 3.69. The van der Waals surface area contributed by atoms with Crippen LogP contribution in [0.15, 0.2) is 5.38 Å². The van der Waals surface area contributed by atoms with Gasteiger partial charge in [0.15, 0.2) is 5.69 Å². The fraction of sp³-hybridized carbons (Fsp3) is 0.625. The van der Waals surface area contributed by atoms with Gasteiger partial charge in [0.2, 0.25) is 0 Å². The Morgan fingerprint density at radius 1 is 1.50 bits per heavy atom. The van der Waals surface area contributed by atoms with Crippen molar-refractivity contribution in [1.29, 1.82) is 0 Å². The van der Waals surface area contributed by atoms with Crippen molar-refractivity contribution in [2.45, 2.75) is 6.42 Å². The number of carbonyl (C=O) groups is 1. The number of hydrogen-bond donors (Lipinski definition) is 1. The zero-order valence-electron chi connectivity index (χ0n) is 7.77. The van der Waals surface area contributed by atoms with E-state index in [1.807, 2.05) is 4.90 Å². The van der Waals surface area contributed by atoms with Gasteiger partial charge < -0.3 is 10.2 Å². The lowest BCUT2D eigenvalue weighted by Crippen LogP contribution is -2.34. The number of rotatable bonds is 1. The minimum atomic E-state index is 0.00227. The van der Waals surface area contributed by atoms with E-state index >= 15 is 0 Å². The van der Waals surface area contributed by atoms with Gasteiger partial charge in [-0.3, -0.25) is 4.79 Å². The fourth-order valence-electron chi connectivity index (χ4n) is 1.47. The molecule has 2 heterocycles. The minimum Gasteiger partial charge on any atom is -0.336 e. The van der Waals surface area contributed by atoms with Gasteiger partial charge in [-0.25, -0.2) is 0 Å². The van der Waals surface area contributed by atoms with Gasteiger partial charge in [0.1, 0.15) is 0 Å². The van der Waals surface area contributed by atoms with Crippen LogP contribution in [0.25, 0.3) is 0 Å². The first-order valence-corrected chi connectivity index (χ1v) is 5.48. The predicted molar refractivity (Wildman–Crippen MR) is 53.3 cm³/mol. The highest BCUT2D eigenvalue weighted by Gasteiger charge is 2.18. The lowest BCUT2D eigenvalue weighted by Gasteiger charge is -2.17. The van der Waals surface area contributed by atoms with Crippen LogP contribution in [-0.2, 0) is 0 Å². The molecule has 1 aromatic rings. The molecular weight excluding hydrogens is 200 g/mol. The number of amides is 1. The Morgan fingerprint density at radius 2 is 2.43 bits per heavy atom. The van der Waals surface area contributed by atoms with Crippen LogP contribution in [0.2, 0.25) is 0 Å². The number of hydrogen-bond acceptors (Lipinski definition) is 5. The summed E-state index contributed by atoms with van der Waals surface area (Å²) in [7, 11) is 0. The molecule has 1 amide bonds. The van der Waals surface area contributed by atoms with Crippen molar-refractivity contribution in [2.75, 3.05) is 26.2 Å². The number of nitrogens with one attached hydrogen (secondary N) is 1. The Labute approximate surface area is 86.3 Å². The van der Waals surface area contributed by atoms with E-state index in [1.54, 1.807) is 5.38 Å². The molecule has 1 aromatic heterocycles.